The predicted molar refractivity (Wildman–Crippen MR) is 48.2 cm³/mol. The molecule has 1 aliphatic carbocycles. The third kappa shape index (κ3) is 2.21. The second-order valence-corrected chi connectivity index (χ2v) is 3.17. The molecular weight excluding hydrogens is 170 g/mol. The number of hydrogen-bond acceptors (Lipinski definition) is 3. The second-order valence-electron chi connectivity index (χ2n) is 3.17. The van der Waals surface area contributed by atoms with E-state index in [2.05, 4.69) is 6.58 Å². The summed E-state index contributed by atoms with van der Waals surface area (Å²) < 4.78 is 10.2. The lowest BCUT2D eigenvalue weighted by Crippen LogP contribution is -2.30. The predicted octanol–water partition coefficient (Wildman–Crippen LogP) is 1.06. The summed E-state index contributed by atoms with van der Waals surface area (Å²) in [6, 6.07) is 0. The Bertz CT molecular complexity index is 217. The van der Waals surface area contributed by atoms with Gasteiger partial charge in [-0.1, -0.05) is 6.08 Å². The third-order valence-electron chi connectivity index (χ3n) is 2.22. The Labute approximate surface area is 77.7 Å². The molecule has 74 valence electrons. The zero-order valence-corrected chi connectivity index (χ0v) is 7.79. The first-order valence-electron chi connectivity index (χ1n) is 4.33. The maximum Gasteiger partial charge on any atom is 0.405 e. The van der Waals surface area contributed by atoms with Gasteiger partial charge >= 0.3 is 6.09 Å². The summed E-state index contributed by atoms with van der Waals surface area (Å²) in [5.74, 6) is 0.187. The summed E-state index contributed by atoms with van der Waals surface area (Å²) in [6.45, 7) is 6.55. The first-order valence-corrected chi connectivity index (χ1v) is 4.33. The second kappa shape index (κ2) is 3.79. The van der Waals surface area contributed by atoms with E-state index in [4.69, 9.17) is 15.2 Å². The molecule has 1 aliphatic rings. The fourth-order valence-corrected chi connectivity index (χ4v) is 1.40. The Morgan fingerprint density at radius 3 is 2.92 bits per heavy atom. The molecule has 1 amide bonds. The number of rotatable bonds is 5. The number of nitrogens with two attached hydrogens (primary N) is 1. The van der Waals surface area contributed by atoms with Gasteiger partial charge in [0, 0.05) is 18.9 Å². The van der Waals surface area contributed by atoms with Crippen molar-refractivity contribution in [3.05, 3.63) is 12.7 Å². The SMILES string of the molecule is C=C[C@@H]1C[C@@]1(COCC)OC(N)=O. The molecule has 0 aromatic heterocycles. The van der Waals surface area contributed by atoms with Crippen molar-refractivity contribution in [2.75, 3.05) is 13.2 Å². The van der Waals surface area contributed by atoms with Crippen LogP contribution in [-0.2, 0) is 9.47 Å². The zero-order valence-electron chi connectivity index (χ0n) is 7.79. The van der Waals surface area contributed by atoms with Crippen LogP contribution in [0.2, 0.25) is 0 Å². The summed E-state index contributed by atoms with van der Waals surface area (Å²) in [5.41, 5.74) is 4.43. The fourth-order valence-electron chi connectivity index (χ4n) is 1.40. The van der Waals surface area contributed by atoms with E-state index in [0.717, 1.165) is 6.42 Å². The standard InChI is InChI=1S/C9H15NO3/c1-3-7-5-9(7,6-12-4-2)13-8(10)11/h3,7H,1,4-6H2,2H3,(H2,10,11)/t7-,9+/m1/s1. The van der Waals surface area contributed by atoms with E-state index >= 15 is 0 Å². The molecule has 0 aromatic carbocycles. The highest BCUT2D eigenvalue weighted by Gasteiger charge is 2.56. The molecule has 1 saturated carbocycles. The highest BCUT2D eigenvalue weighted by atomic mass is 16.6. The Balaban J connectivity index is 2.47. The van der Waals surface area contributed by atoms with Gasteiger partial charge in [0.15, 0.2) is 0 Å². The van der Waals surface area contributed by atoms with E-state index in [0.29, 0.717) is 13.2 Å². The Morgan fingerprint density at radius 2 is 2.54 bits per heavy atom. The first kappa shape index (κ1) is 10.1. The van der Waals surface area contributed by atoms with Gasteiger partial charge in [-0.15, -0.1) is 6.58 Å². The lowest BCUT2D eigenvalue weighted by molar-refractivity contribution is 0.00659. The van der Waals surface area contributed by atoms with Gasteiger partial charge in [-0.25, -0.2) is 4.79 Å². The van der Waals surface area contributed by atoms with Crippen molar-refractivity contribution in [1.82, 2.24) is 0 Å². The lowest BCUT2D eigenvalue weighted by atomic mass is 10.2. The molecule has 0 spiro atoms. The topological polar surface area (TPSA) is 61.6 Å². The molecule has 0 heterocycles. The number of carbonyl (C=O) groups excluding carboxylic acids is 1. The Kier molecular flexibility index (Phi) is 2.93. The van der Waals surface area contributed by atoms with Crippen molar-refractivity contribution in [1.29, 1.82) is 0 Å². The highest BCUT2D eigenvalue weighted by Crippen LogP contribution is 2.47. The molecule has 0 bridgehead atoms. The van der Waals surface area contributed by atoms with Crippen molar-refractivity contribution >= 4 is 6.09 Å². The molecule has 1 rings (SSSR count). The van der Waals surface area contributed by atoms with Crippen LogP contribution in [0.15, 0.2) is 12.7 Å². The van der Waals surface area contributed by atoms with Crippen LogP contribution in [0.3, 0.4) is 0 Å². The van der Waals surface area contributed by atoms with Gasteiger partial charge in [0.2, 0.25) is 0 Å². The summed E-state index contributed by atoms with van der Waals surface area (Å²) >= 11 is 0. The molecule has 0 aliphatic heterocycles. The number of primary amides is 1. The number of hydrogen-bond donors (Lipinski definition) is 1. The quantitative estimate of drug-likeness (QED) is 0.651. The number of amides is 1. The maximum atomic E-state index is 10.6. The van der Waals surface area contributed by atoms with Crippen LogP contribution >= 0.6 is 0 Å². The molecule has 4 nitrogen and oxygen atoms in total. The summed E-state index contributed by atoms with van der Waals surface area (Å²) in [4.78, 5) is 10.6. The molecule has 0 unspecified atom stereocenters. The van der Waals surface area contributed by atoms with Crippen LogP contribution in [0, 0.1) is 5.92 Å². The molecule has 13 heavy (non-hydrogen) atoms. The van der Waals surface area contributed by atoms with E-state index in [9.17, 15) is 4.79 Å². The number of ether oxygens (including phenoxy) is 2. The van der Waals surface area contributed by atoms with E-state index in [1.54, 1.807) is 6.08 Å². The van der Waals surface area contributed by atoms with Crippen LogP contribution in [0.5, 0.6) is 0 Å². The Hall–Kier alpha value is -1.03. The first-order chi connectivity index (χ1) is 6.14. The minimum atomic E-state index is -0.746. The number of carbonyl (C=O) groups is 1. The van der Waals surface area contributed by atoms with Gasteiger partial charge in [-0.3, -0.25) is 0 Å². The smallest absolute Gasteiger partial charge is 0.405 e. The van der Waals surface area contributed by atoms with Gasteiger partial charge in [-0.2, -0.15) is 0 Å². The summed E-state index contributed by atoms with van der Waals surface area (Å²) in [6.07, 6.45) is 1.78. The monoisotopic (exact) mass is 185 g/mol. The summed E-state index contributed by atoms with van der Waals surface area (Å²) in [5, 5.41) is 0. The normalized spacial score (nSPS) is 31.0. The van der Waals surface area contributed by atoms with Crippen molar-refractivity contribution in [3.63, 3.8) is 0 Å². The van der Waals surface area contributed by atoms with Crippen LogP contribution in [0.1, 0.15) is 13.3 Å². The van der Waals surface area contributed by atoms with E-state index in [1.165, 1.54) is 0 Å². The van der Waals surface area contributed by atoms with Crippen LogP contribution in [-0.4, -0.2) is 24.9 Å². The van der Waals surface area contributed by atoms with Gasteiger partial charge in [0.25, 0.3) is 0 Å². The Morgan fingerprint density at radius 1 is 1.85 bits per heavy atom. The lowest BCUT2D eigenvalue weighted by Gasteiger charge is -2.15. The van der Waals surface area contributed by atoms with Gasteiger partial charge < -0.3 is 15.2 Å². The molecule has 2 N–H and O–H groups in total. The van der Waals surface area contributed by atoms with E-state index in [-0.39, 0.29) is 5.92 Å². The largest absolute Gasteiger partial charge is 0.440 e. The van der Waals surface area contributed by atoms with E-state index in [1.807, 2.05) is 6.92 Å². The minimum absolute atomic E-state index is 0.187. The van der Waals surface area contributed by atoms with Crippen molar-refractivity contribution in [3.8, 4) is 0 Å². The molecular formula is C9H15NO3. The van der Waals surface area contributed by atoms with E-state index < -0.39 is 11.7 Å². The maximum absolute atomic E-state index is 10.6. The van der Waals surface area contributed by atoms with Crippen molar-refractivity contribution in [2.24, 2.45) is 11.7 Å². The average molecular weight is 185 g/mol. The molecule has 0 saturated heterocycles. The molecule has 4 heteroatoms. The third-order valence-corrected chi connectivity index (χ3v) is 2.22. The molecule has 2 atom stereocenters. The highest BCUT2D eigenvalue weighted by molar-refractivity contribution is 5.65. The van der Waals surface area contributed by atoms with Gasteiger partial charge in [0.1, 0.15) is 5.60 Å². The van der Waals surface area contributed by atoms with Crippen molar-refractivity contribution in [2.45, 2.75) is 18.9 Å². The molecule has 0 aromatic rings. The van der Waals surface area contributed by atoms with Gasteiger partial charge in [-0.05, 0) is 6.92 Å². The van der Waals surface area contributed by atoms with Crippen molar-refractivity contribution < 1.29 is 14.3 Å². The molecule has 0 radical (unpaired) electrons. The van der Waals surface area contributed by atoms with Crippen LogP contribution in [0.4, 0.5) is 4.79 Å². The zero-order chi connectivity index (χ0) is 9.90. The van der Waals surface area contributed by atoms with Gasteiger partial charge in [0.05, 0.1) is 6.61 Å². The minimum Gasteiger partial charge on any atom is -0.440 e. The fraction of sp³-hybridized carbons (Fsp3) is 0.667. The molecule has 1 fully saturated rings. The summed E-state index contributed by atoms with van der Waals surface area (Å²) in [7, 11) is 0. The van der Waals surface area contributed by atoms with Crippen LogP contribution in [0.25, 0.3) is 0 Å². The average Bonchev–Trinajstić information content (AvgIpc) is 2.75. The van der Waals surface area contributed by atoms with Crippen LogP contribution < -0.4 is 5.73 Å².